The van der Waals surface area contributed by atoms with E-state index in [4.69, 9.17) is 0 Å². The number of rotatable bonds is 8. The first kappa shape index (κ1) is 30.6. The number of hydrogen-bond donors (Lipinski definition) is 0. The maximum Gasteiger partial charge on any atom is 0.0472 e. The lowest BCUT2D eigenvalue weighted by Gasteiger charge is -2.47. The highest BCUT2D eigenvalue weighted by atomic mass is 14.5. The highest BCUT2D eigenvalue weighted by Crippen LogP contribution is 2.56. The average molecular weight is 629 g/mol. The lowest BCUT2D eigenvalue weighted by Crippen LogP contribution is -2.42. The third-order valence-electron chi connectivity index (χ3n) is 10.8. The van der Waals surface area contributed by atoms with Gasteiger partial charge in [-0.15, -0.1) is 0 Å². The molecule has 0 aliphatic carbocycles. The Balaban J connectivity index is 1.60. The lowest BCUT2D eigenvalue weighted by atomic mass is 9.55. The molecule has 8 aromatic carbocycles. The Kier molecular flexibility index (Phi) is 7.94. The molecule has 0 bridgehead atoms. The van der Waals surface area contributed by atoms with Crippen molar-refractivity contribution in [3.05, 3.63) is 239 Å². The van der Waals surface area contributed by atoms with Crippen LogP contribution in [0.4, 0.5) is 0 Å². The van der Waals surface area contributed by atoms with Gasteiger partial charge in [0.15, 0.2) is 0 Å². The zero-order valence-corrected chi connectivity index (χ0v) is 28.2. The molecular weight excluding hydrogens is 589 g/mol. The molecule has 0 radical (unpaired) electrons. The summed E-state index contributed by atoms with van der Waals surface area (Å²) in [5, 5.41) is 5.17. The van der Waals surface area contributed by atoms with Crippen LogP contribution in [0.25, 0.3) is 21.5 Å². The second-order valence-electron chi connectivity index (χ2n) is 13.4. The van der Waals surface area contributed by atoms with Gasteiger partial charge in [0.1, 0.15) is 0 Å². The van der Waals surface area contributed by atoms with Crippen molar-refractivity contribution in [2.24, 2.45) is 0 Å². The summed E-state index contributed by atoms with van der Waals surface area (Å²) in [6.45, 7) is 4.46. The third-order valence-corrected chi connectivity index (χ3v) is 10.8. The van der Waals surface area contributed by atoms with Crippen molar-refractivity contribution in [1.82, 2.24) is 0 Å². The van der Waals surface area contributed by atoms with Crippen molar-refractivity contribution in [3.8, 4) is 0 Å². The molecular formula is C49H40. The number of hydrogen-bond acceptors (Lipinski definition) is 0. The summed E-state index contributed by atoms with van der Waals surface area (Å²) in [6, 6.07) is 72.4. The highest BCUT2D eigenvalue weighted by molar-refractivity contribution is 5.92. The fourth-order valence-corrected chi connectivity index (χ4v) is 8.49. The van der Waals surface area contributed by atoms with Crippen LogP contribution in [0.5, 0.6) is 0 Å². The van der Waals surface area contributed by atoms with Gasteiger partial charge in [0.25, 0.3) is 0 Å². The van der Waals surface area contributed by atoms with Crippen LogP contribution >= 0.6 is 0 Å². The Morgan fingerprint density at radius 3 is 0.857 bits per heavy atom. The minimum atomic E-state index is -0.548. The molecule has 0 aromatic heterocycles. The van der Waals surface area contributed by atoms with Crippen molar-refractivity contribution in [1.29, 1.82) is 0 Å². The summed E-state index contributed by atoms with van der Waals surface area (Å²) in [6.07, 6.45) is 0.766. The highest BCUT2D eigenvalue weighted by Gasteiger charge is 2.48. The van der Waals surface area contributed by atoms with E-state index in [1.165, 1.54) is 66.1 Å². The molecule has 8 aromatic rings. The van der Waals surface area contributed by atoms with Gasteiger partial charge in [0.2, 0.25) is 0 Å². The molecule has 8 rings (SSSR count). The molecule has 0 atom stereocenters. The summed E-state index contributed by atoms with van der Waals surface area (Å²) in [5.41, 5.74) is 9.24. The molecule has 0 spiro atoms. The maximum absolute atomic E-state index is 2.41. The number of fused-ring (bicyclic) bond motifs is 2. The van der Waals surface area contributed by atoms with Crippen LogP contribution in [0, 0.1) is 13.8 Å². The Morgan fingerprint density at radius 2 is 0.551 bits per heavy atom. The van der Waals surface area contributed by atoms with E-state index < -0.39 is 10.8 Å². The minimum absolute atomic E-state index is 0.548. The standard InChI is InChI=1S/C49H40/c1-36-31-33-46(44-29-17-15-27-42(36)44)48(38-19-7-3-8-20-38,39-21-9-4-10-22-39)35-49(40-23-11-5-12-24-40,41-25-13-6-14-26-41)47-34-32-37(2)43-28-16-18-30-45(43)47/h3-34H,35H2,1-2H3. The van der Waals surface area contributed by atoms with Crippen LogP contribution in [0.2, 0.25) is 0 Å². The lowest BCUT2D eigenvalue weighted by molar-refractivity contribution is 0.444. The molecule has 0 amide bonds. The van der Waals surface area contributed by atoms with Gasteiger partial charge in [-0.1, -0.05) is 194 Å². The molecule has 0 saturated carbocycles. The summed E-state index contributed by atoms with van der Waals surface area (Å²) < 4.78 is 0. The van der Waals surface area contributed by atoms with Crippen molar-refractivity contribution < 1.29 is 0 Å². The van der Waals surface area contributed by atoms with Crippen LogP contribution in [-0.2, 0) is 10.8 Å². The van der Waals surface area contributed by atoms with Crippen molar-refractivity contribution in [3.63, 3.8) is 0 Å². The maximum atomic E-state index is 2.41. The first-order valence-electron chi connectivity index (χ1n) is 17.3. The zero-order valence-electron chi connectivity index (χ0n) is 28.2. The van der Waals surface area contributed by atoms with Gasteiger partial charge in [-0.3, -0.25) is 0 Å². The van der Waals surface area contributed by atoms with E-state index in [2.05, 4.69) is 208 Å². The average Bonchev–Trinajstić information content (AvgIpc) is 3.18. The van der Waals surface area contributed by atoms with Crippen LogP contribution in [-0.4, -0.2) is 0 Å². The van der Waals surface area contributed by atoms with Crippen LogP contribution in [0.3, 0.4) is 0 Å². The zero-order chi connectivity index (χ0) is 33.3. The Labute approximate surface area is 290 Å². The van der Waals surface area contributed by atoms with Gasteiger partial charge < -0.3 is 0 Å². The van der Waals surface area contributed by atoms with Crippen LogP contribution in [0.1, 0.15) is 50.9 Å². The van der Waals surface area contributed by atoms with E-state index in [1.807, 2.05) is 0 Å². The first-order chi connectivity index (χ1) is 24.1. The topological polar surface area (TPSA) is 0 Å². The Morgan fingerprint density at radius 1 is 0.286 bits per heavy atom. The molecule has 0 unspecified atom stereocenters. The molecule has 0 heteroatoms. The van der Waals surface area contributed by atoms with E-state index in [0.717, 1.165) is 6.42 Å². The molecule has 0 fully saturated rings. The second-order valence-corrected chi connectivity index (χ2v) is 13.4. The van der Waals surface area contributed by atoms with Gasteiger partial charge in [-0.25, -0.2) is 0 Å². The Hall–Kier alpha value is -5.72. The first-order valence-corrected chi connectivity index (χ1v) is 17.3. The molecule has 0 nitrogen and oxygen atoms in total. The van der Waals surface area contributed by atoms with Crippen molar-refractivity contribution >= 4 is 21.5 Å². The van der Waals surface area contributed by atoms with Gasteiger partial charge >= 0.3 is 0 Å². The summed E-state index contributed by atoms with van der Waals surface area (Å²) in [4.78, 5) is 0. The predicted molar refractivity (Wildman–Crippen MR) is 208 cm³/mol. The number of benzene rings is 8. The Bertz CT molecular complexity index is 2100. The molecule has 0 aliphatic heterocycles. The fourth-order valence-electron chi connectivity index (χ4n) is 8.49. The summed E-state index contributed by atoms with van der Waals surface area (Å²) in [7, 11) is 0. The molecule has 0 N–H and O–H groups in total. The SMILES string of the molecule is Cc1ccc(C(CC(c2ccccc2)(c2ccccc2)c2ccc(C)c3ccccc23)(c2ccccc2)c2ccccc2)c2ccccc12. The van der Waals surface area contributed by atoms with Gasteiger partial charge in [0.05, 0.1) is 0 Å². The van der Waals surface area contributed by atoms with E-state index >= 15 is 0 Å². The molecule has 0 aliphatic rings. The quantitative estimate of drug-likeness (QED) is 0.147. The van der Waals surface area contributed by atoms with Crippen molar-refractivity contribution in [2.75, 3.05) is 0 Å². The molecule has 0 heterocycles. The smallest absolute Gasteiger partial charge is 0.0472 e. The summed E-state index contributed by atoms with van der Waals surface area (Å²) >= 11 is 0. The molecule has 49 heavy (non-hydrogen) atoms. The van der Waals surface area contributed by atoms with Crippen molar-refractivity contribution in [2.45, 2.75) is 31.1 Å². The van der Waals surface area contributed by atoms with E-state index in [1.54, 1.807) is 0 Å². The molecule has 0 saturated heterocycles. The number of aryl methyl sites for hydroxylation is 2. The fraction of sp³-hybridized carbons (Fsp3) is 0.102. The van der Waals surface area contributed by atoms with Gasteiger partial charge in [0, 0.05) is 10.8 Å². The van der Waals surface area contributed by atoms with E-state index in [9.17, 15) is 0 Å². The summed E-state index contributed by atoms with van der Waals surface area (Å²) in [5.74, 6) is 0. The third kappa shape index (κ3) is 5.07. The second kappa shape index (κ2) is 12.7. The largest absolute Gasteiger partial charge is 0.0622 e. The molecule has 236 valence electrons. The monoisotopic (exact) mass is 628 g/mol. The minimum Gasteiger partial charge on any atom is -0.0622 e. The van der Waals surface area contributed by atoms with Crippen LogP contribution in [0.15, 0.2) is 194 Å². The van der Waals surface area contributed by atoms with Gasteiger partial charge in [-0.05, 0) is 86.3 Å². The normalized spacial score (nSPS) is 12.0. The van der Waals surface area contributed by atoms with E-state index in [-0.39, 0.29) is 0 Å². The van der Waals surface area contributed by atoms with Gasteiger partial charge in [-0.2, -0.15) is 0 Å². The van der Waals surface area contributed by atoms with E-state index in [0.29, 0.717) is 0 Å². The predicted octanol–water partition coefficient (Wildman–Crippen LogP) is 12.4. The van der Waals surface area contributed by atoms with Crippen LogP contribution < -0.4 is 0 Å².